The maximum Gasteiger partial charge on any atom is 0.153 e. The van der Waals surface area contributed by atoms with Crippen LogP contribution in [0, 0.1) is 6.92 Å². The Morgan fingerprint density at radius 3 is 2.47 bits per heavy atom. The van der Waals surface area contributed by atoms with E-state index in [9.17, 15) is 9.90 Å². The Balaban J connectivity index is 2.34. The first-order chi connectivity index (χ1) is 8.20. The smallest absolute Gasteiger partial charge is 0.153 e. The van der Waals surface area contributed by atoms with Gasteiger partial charge in [-0.3, -0.25) is 4.79 Å². The van der Waals surface area contributed by atoms with Crippen molar-refractivity contribution >= 4 is 6.29 Å². The molecule has 2 rings (SSSR count). The van der Waals surface area contributed by atoms with Gasteiger partial charge in [0.25, 0.3) is 0 Å². The molecule has 0 aromatic heterocycles. The molecule has 0 aliphatic rings. The van der Waals surface area contributed by atoms with Crippen LogP contribution in [0.4, 0.5) is 0 Å². The maximum absolute atomic E-state index is 10.8. The topological polar surface area (TPSA) is 37.3 Å². The van der Waals surface area contributed by atoms with E-state index in [-0.39, 0.29) is 5.75 Å². The maximum atomic E-state index is 10.8. The molecule has 0 saturated heterocycles. The Morgan fingerprint density at radius 2 is 1.82 bits per heavy atom. The molecule has 0 amide bonds. The van der Waals surface area contributed by atoms with E-state index < -0.39 is 0 Å². The van der Waals surface area contributed by atoms with Crippen LogP contribution in [0.15, 0.2) is 42.5 Å². The quantitative estimate of drug-likeness (QED) is 0.816. The highest BCUT2D eigenvalue weighted by atomic mass is 16.3. The lowest BCUT2D eigenvalue weighted by Gasteiger charge is -2.07. The minimum absolute atomic E-state index is 0.0804. The van der Waals surface area contributed by atoms with Crippen molar-refractivity contribution in [2.45, 2.75) is 13.3 Å². The normalized spacial score (nSPS) is 10.2. The van der Waals surface area contributed by atoms with E-state index >= 15 is 0 Å². The van der Waals surface area contributed by atoms with E-state index in [1.807, 2.05) is 36.4 Å². The number of carbonyl (C=O) groups excluding carboxylic acids is 1. The number of hydrogen-bond acceptors (Lipinski definition) is 2. The Morgan fingerprint density at radius 1 is 1.12 bits per heavy atom. The molecule has 0 fully saturated rings. The molecule has 0 aliphatic heterocycles. The van der Waals surface area contributed by atoms with Crippen molar-refractivity contribution < 1.29 is 9.90 Å². The van der Waals surface area contributed by atoms with Crippen molar-refractivity contribution in [2.24, 2.45) is 0 Å². The molecular weight excluding hydrogens is 212 g/mol. The predicted octanol–water partition coefficient (Wildman–Crippen LogP) is 3.10. The lowest BCUT2D eigenvalue weighted by molar-refractivity contribution is 0.112. The summed E-state index contributed by atoms with van der Waals surface area (Å²) >= 11 is 0. The first kappa shape index (κ1) is 11.4. The minimum atomic E-state index is 0.0804. The van der Waals surface area contributed by atoms with Gasteiger partial charge in [0.1, 0.15) is 5.75 Å². The van der Waals surface area contributed by atoms with Gasteiger partial charge >= 0.3 is 0 Å². The molecule has 0 heterocycles. The molecule has 0 spiro atoms. The molecule has 2 aromatic rings. The van der Waals surface area contributed by atoms with Crippen molar-refractivity contribution in [3.05, 3.63) is 64.7 Å². The van der Waals surface area contributed by atoms with Gasteiger partial charge in [0.05, 0.1) is 5.56 Å². The van der Waals surface area contributed by atoms with Gasteiger partial charge in [-0.2, -0.15) is 0 Å². The van der Waals surface area contributed by atoms with E-state index in [1.54, 1.807) is 13.0 Å². The number of aldehydes is 1. The van der Waals surface area contributed by atoms with Crippen LogP contribution in [0.5, 0.6) is 5.75 Å². The van der Waals surface area contributed by atoms with Crippen molar-refractivity contribution in [2.75, 3.05) is 0 Å². The zero-order chi connectivity index (χ0) is 12.3. The van der Waals surface area contributed by atoms with Crippen LogP contribution in [0.25, 0.3) is 0 Å². The summed E-state index contributed by atoms with van der Waals surface area (Å²) in [5.74, 6) is 0.0804. The van der Waals surface area contributed by atoms with Gasteiger partial charge < -0.3 is 5.11 Å². The molecule has 0 saturated carbocycles. The predicted molar refractivity (Wildman–Crippen MR) is 67.5 cm³/mol. The highest BCUT2D eigenvalue weighted by Gasteiger charge is 2.06. The highest BCUT2D eigenvalue weighted by Crippen LogP contribution is 2.23. The highest BCUT2D eigenvalue weighted by molar-refractivity contribution is 5.80. The monoisotopic (exact) mass is 226 g/mol. The van der Waals surface area contributed by atoms with E-state index in [0.717, 1.165) is 17.5 Å². The van der Waals surface area contributed by atoms with Gasteiger partial charge in [0.15, 0.2) is 6.29 Å². The minimum Gasteiger partial charge on any atom is -0.507 e. The molecular formula is C15H14O2. The molecule has 1 N–H and O–H groups in total. The second-order valence-electron chi connectivity index (χ2n) is 4.13. The Kier molecular flexibility index (Phi) is 3.24. The number of rotatable bonds is 3. The van der Waals surface area contributed by atoms with Crippen LogP contribution >= 0.6 is 0 Å². The second kappa shape index (κ2) is 4.83. The zero-order valence-electron chi connectivity index (χ0n) is 9.68. The van der Waals surface area contributed by atoms with Gasteiger partial charge in [0.2, 0.25) is 0 Å². The first-order valence-electron chi connectivity index (χ1n) is 5.52. The van der Waals surface area contributed by atoms with E-state index in [1.165, 1.54) is 5.56 Å². The van der Waals surface area contributed by atoms with Gasteiger partial charge in [-0.1, -0.05) is 36.4 Å². The summed E-state index contributed by atoms with van der Waals surface area (Å²) in [6.07, 6.45) is 1.46. The van der Waals surface area contributed by atoms with E-state index in [4.69, 9.17) is 0 Å². The second-order valence-corrected chi connectivity index (χ2v) is 4.13. The fraction of sp³-hybridized carbons (Fsp3) is 0.133. The van der Waals surface area contributed by atoms with Crippen LogP contribution in [0.3, 0.4) is 0 Å². The van der Waals surface area contributed by atoms with Crippen LogP contribution in [0.2, 0.25) is 0 Å². The Labute approximate surface area is 101 Å². The summed E-state index contributed by atoms with van der Waals surface area (Å²) in [5, 5.41) is 9.66. The third-order valence-corrected chi connectivity index (χ3v) is 2.77. The third kappa shape index (κ3) is 2.53. The summed E-state index contributed by atoms with van der Waals surface area (Å²) < 4.78 is 0. The van der Waals surface area contributed by atoms with Crippen molar-refractivity contribution in [3.63, 3.8) is 0 Å². The first-order valence-corrected chi connectivity index (χ1v) is 5.52. The molecule has 2 nitrogen and oxygen atoms in total. The molecule has 0 unspecified atom stereocenters. The zero-order valence-corrected chi connectivity index (χ0v) is 9.68. The average molecular weight is 226 g/mol. The summed E-state index contributed by atoms with van der Waals surface area (Å²) in [6.45, 7) is 1.80. The Bertz CT molecular complexity index is 530. The van der Waals surface area contributed by atoms with Gasteiger partial charge in [-0.15, -0.1) is 0 Å². The SMILES string of the molecule is Cc1cc(Cc2ccccc2)cc(C=O)c1O. The lowest BCUT2D eigenvalue weighted by Crippen LogP contribution is -1.93. The molecule has 2 heteroatoms. The number of benzene rings is 2. The number of aromatic hydroxyl groups is 1. The fourth-order valence-corrected chi connectivity index (χ4v) is 1.91. The number of hydrogen-bond donors (Lipinski definition) is 1. The van der Waals surface area contributed by atoms with Crippen LogP contribution in [0.1, 0.15) is 27.0 Å². The van der Waals surface area contributed by atoms with Crippen LogP contribution in [-0.4, -0.2) is 11.4 Å². The molecule has 0 aliphatic carbocycles. The third-order valence-electron chi connectivity index (χ3n) is 2.77. The molecule has 2 aromatic carbocycles. The van der Waals surface area contributed by atoms with E-state index in [2.05, 4.69) is 0 Å². The molecule has 0 bridgehead atoms. The number of aryl methyl sites for hydroxylation is 1. The van der Waals surface area contributed by atoms with Gasteiger partial charge in [0, 0.05) is 0 Å². The van der Waals surface area contributed by atoms with E-state index in [0.29, 0.717) is 11.8 Å². The Hall–Kier alpha value is -2.09. The molecule has 86 valence electrons. The molecule has 0 atom stereocenters. The van der Waals surface area contributed by atoms with Crippen LogP contribution in [-0.2, 0) is 6.42 Å². The van der Waals surface area contributed by atoms with Crippen molar-refractivity contribution in [1.29, 1.82) is 0 Å². The molecule has 0 radical (unpaired) electrons. The fourth-order valence-electron chi connectivity index (χ4n) is 1.91. The van der Waals surface area contributed by atoms with Crippen LogP contribution < -0.4 is 0 Å². The summed E-state index contributed by atoms with van der Waals surface area (Å²) in [5.41, 5.74) is 3.32. The standard InChI is InChI=1S/C15H14O2/c1-11-7-13(9-14(10-16)15(11)17)8-12-5-3-2-4-6-12/h2-7,9-10,17H,8H2,1H3. The number of phenolic OH excluding ortho intramolecular Hbond substituents is 1. The van der Waals surface area contributed by atoms with Gasteiger partial charge in [-0.05, 0) is 36.1 Å². The average Bonchev–Trinajstić information content (AvgIpc) is 2.35. The van der Waals surface area contributed by atoms with Crippen molar-refractivity contribution in [3.8, 4) is 5.75 Å². The van der Waals surface area contributed by atoms with Gasteiger partial charge in [-0.25, -0.2) is 0 Å². The largest absolute Gasteiger partial charge is 0.507 e. The van der Waals surface area contributed by atoms with Crippen molar-refractivity contribution in [1.82, 2.24) is 0 Å². The lowest BCUT2D eigenvalue weighted by atomic mass is 10.00. The molecule has 17 heavy (non-hydrogen) atoms. The summed E-state index contributed by atoms with van der Waals surface area (Å²) in [4.78, 5) is 10.8. The summed E-state index contributed by atoms with van der Waals surface area (Å²) in [6, 6.07) is 13.7. The summed E-state index contributed by atoms with van der Waals surface area (Å²) in [7, 11) is 0. The number of carbonyl (C=O) groups is 1. The number of phenols is 1.